The van der Waals surface area contributed by atoms with Gasteiger partial charge in [0.1, 0.15) is 18.1 Å². The van der Waals surface area contributed by atoms with Crippen LogP contribution in [0.25, 0.3) is 11.0 Å². The van der Waals surface area contributed by atoms with Crippen LogP contribution in [0.2, 0.25) is 0 Å². The number of para-hydroxylation sites is 1. The van der Waals surface area contributed by atoms with Crippen molar-refractivity contribution in [1.82, 2.24) is 20.2 Å². The van der Waals surface area contributed by atoms with Crippen LogP contribution in [-0.2, 0) is 14.4 Å². The van der Waals surface area contributed by atoms with Crippen LogP contribution >= 0.6 is 11.6 Å². The highest BCUT2D eigenvalue weighted by atomic mass is 35.5. The number of carboxylic acids is 1. The van der Waals surface area contributed by atoms with Crippen molar-refractivity contribution < 1.29 is 24.4 Å². The molecular formula is C18H31ClN4O5. The highest BCUT2D eigenvalue weighted by Crippen LogP contribution is 2.07. The topological polar surface area (TPSA) is 107 Å². The Kier molecular flexibility index (Phi) is 15.5. The fourth-order valence-electron chi connectivity index (χ4n) is 1.44. The summed E-state index contributed by atoms with van der Waals surface area (Å²) in [6, 6.07) is 7.62. The molecule has 1 heterocycles. The molecule has 2 rings (SSSR count). The van der Waals surface area contributed by atoms with Gasteiger partial charge in [0.05, 0.1) is 13.0 Å². The molecule has 9 nitrogen and oxygen atoms in total. The third-order valence-corrected chi connectivity index (χ3v) is 3.07. The first-order chi connectivity index (χ1) is 13.1. The first-order valence-corrected chi connectivity index (χ1v) is 9.18. The molecule has 0 saturated heterocycles. The van der Waals surface area contributed by atoms with E-state index in [9.17, 15) is 9.59 Å². The van der Waals surface area contributed by atoms with Gasteiger partial charge in [0.15, 0.2) is 0 Å². The van der Waals surface area contributed by atoms with Crippen molar-refractivity contribution in [2.45, 2.75) is 27.7 Å². The number of rotatable bonds is 4. The Labute approximate surface area is 171 Å². The summed E-state index contributed by atoms with van der Waals surface area (Å²) >= 11 is 4.64. The summed E-state index contributed by atoms with van der Waals surface area (Å²) in [5.41, 5.74) is 1.73. The molecule has 10 heteroatoms. The maximum atomic E-state index is 10.9. The van der Waals surface area contributed by atoms with E-state index < -0.39 is 5.97 Å². The molecule has 0 bridgehead atoms. The van der Waals surface area contributed by atoms with Crippen molar-refractivity contribution in [3.8, 4) is 0 Å². The van der Waals surface area contributed by atoms with E-state index in [2.05, 4.69) is 26.8 Å². The van der Waals surface area contributed by atoms with Gasteiger partial charge < -0.3 is 9.94 Å². The van der Waals surface area contributed by atoms with E-state index in [-0.39, 0.29) is 17.7 Å². The standard InChI is InChI=1S/C7H7N3O.C6H13NO2.C4H8O2.CH3Cl/c1-11-10-7-5-3-2-4-6(7)8-9-10;1-5(2)6(8)7(3)9-4;1-3(2)4(5)6;1-2/h2-5H,1H3;5H,1-4H3;3H,1-2H3,(H,5,6);1H3. The Hall–Kier alpha value is -2.39. The van der Waals surface area contributed by atoms with Gasteiger partial charge in [-0.15, -0.1) is 16.7 Å². The van der Waals surface area contributed by atoms with E-state index in [1.807, 2.05) is 38.1 Å². The highest BCUT2D eigenvalue weighted by molar-refractivity contribution is 6.15. The number of hydroxylamine groups is 2. The lowest BCUT2D eigenvalue weighted by atomic mass is 10.2. The number of benzene rings is 1. The van der Waals surface area contributed by atoms with Crippen LogP contribution in [0.15, 0.2) is 24.3 Å². The maximum Gasteiger partial charge on any atom is 0.305 e. The van der Waals surface area contributed by atoms with Crippen LogP contribution in [0.5, 0.6) is 0 Å². The number of aliphatic carboxylic acids is 1. The zero-order valence-electron chi connectivity index (χ0n) is 17.7. The Morgan fingerprint density at radius 2 is 1.61 bits per heavy atom. The van der Waals surface area contributed by atoms with Gasteiger partial charge in [-0.25, -0.2) is 5.06 Å². The molecule has 2 aromatic rings. The van der Waals surface area contributed by atoms with Gasteiger partial charge in [0.25, 0.3) is 0 Å². The predicted octanol–water partition coefficient (Wildman–Crippen LogP) is 2.73. The van der Waals surface area contributed by atoms with Crippen LogP contribution < -0.4 is 4.84 Å². The van der Waals surface area contributed by atoms with Gasteiger partial charge >= 0.3 is 5.97 Å². The molecule has 0 atom stereocenters. The van der Waals surface area contributed by atoms with Crippen LogP contribution in [0.3, 0.4) is 0 Å². The van der Waals surface area contributed by atoms with E-state index in [0.29, 0.717) is 0 Å². The number of amides is 1. The monoisotopic (exact) mass is 418 g/mol. The maximum absolute atomic E-state index is 10.9. The van der Waals surface area contributed by atoms with E-state index in [1.165, 1.54) is 23.4 Å². The molecule has 0 radical (unpaired) electrons. The Morgan fingerprint density at radius 1 is 1.11 bits per heavy atom. The van der Waals surface area contributed by atoms with E-state index in [4.69, 9.17) is 9.94 Å². The average Bonchev–Trinajstić information content (AvgIpc) is 3.12. The minimum Gasteiger partial charge on any atom is -0.481 e. The summed E-state index contributed by atoms with van der Waals surface area (Å²) in [6.07, 6.45) is 1.47. The Bertz CT molecular complexity index is 691. The zero-order chi connectivity index (χ0) is 22.3. The second-order valence-corrected chi connectivity index (χ2v) is 5.80. The summed E-state index contributed by atoms with van der Waals surface area (Å²) in [5, 5.41) is 16.9. The van der Waals surface area contributed by atoms with Crippen LogP contribution in [-0.4, -0.2) is 64.9 Å². The van der Waals surface area contributed by atoms with Gasteiger partial charge in [-0.1, -0.05) is 44.7 Å². The molecule has 28 heavy (non-hydrogen) atoms. The van der Waals surface area contributed by atoms with Gasteiger partial charge in [-0.05, 0) is 17.3 Å². The number of carboxylic acid groups (broad SMARTS) is 1. The molecule has 0 fully saturated rings. The van der Waals surface area contributed by atoms with E-state index in [0.717, 1.165) is 11.0 Å². The first kappa shape index (κ1) is 27.8. The molecule has 0 aliphatic carbocycles. The molecular weight excluding hydrogens is 388 g/mol. The number of aromatic nitrogens is 3. The van der Waals surface area contributed by atoms with Crippen molar-refractivity contribution in [3.63, 3.8) is 0 Å². The van der Waals surface area contributed by atoms with Gasteiger partial charge in [-0.2, -0.15) is 0 Å². The zero-order valence-corrected chi connectivity index (χ0v) is 18.5. The summed E-state index contributed by atoms with van der Waals surface area (Å²) in [7, 11) is 4.63. The molecule has 0 unspecified atom stereocenters. The van der Waals surface area contributed by atoms with Crippen molar-refractivity contribution in [1.29, 1.82) is 0 Å². The summed E-state index contributed by atoms with van der Waals surface area (Å²) in [4.78, 5) is 31.5. The van der Waals surface area contributed by atoms with Crippen molar-refractivity contribution >= 4 is 34.5 Å². The summed E-state index contributed by atoms with van der Waals surface area (Å²) < 4.78 is 0. The normalized spacial score (nSPS) is 9.39. The number of hydrogen-bond acceptors (Lipinski definition) is 6. The van der Waals surface area contributed by atoms with Crippen molar-refractivity contribution in [2.24, 2.45) is 11.8 Å². The van der Waals surface area contributed by atoms with Gasteiger partial charge in [-0.3, -0.25) is 14.4 Å². The lowest BCUT2D eigenvalue weighted by molar-refractivity contribution is -0.172. The highest BCUT2D eigenvalue weighted by Gasteiger charge is 2.11. The van der Waals surface area contributed by atoms with Crippen LogP contribution in [0.1, 0.15) is 27.7 Å². The number of nitrogens with zero attached hydrogens (tertiary/aromatic N) is 4. The van der Waals surface area contributed by atoms with E-state index >= 15 is 0 Å². The molecule has 160 valence electrons. The molecule has 0 aliphatic rings. The van der Waals surface area contributed by atoms with Crippen LogP contribution in [0, 0.1) is 11.8 Å². The summed E-state index contributed by atoms with van der Waals surface area (Å²) in [5.74, 6) is -0.965. The predicted molar refractivity (Wildman–Crippen MR) is 109 cm³/mol. The lowest BCUT2D eigenvalue weighted by Crippen LogP contribution is -2.29. The first-order valence-electron chi connectivity index (χ1n) is 8.42. The molecule has 0 aliphatic heterocycles. The number of carbonyl (C=O) groups excluding carboxylic acids is 1. The molecule has 0 saturated carbocycles. The van der Waals surface area contributed by atoms with Crippen molar-refractivity contribution in [3.05, 3.63) is 24.3 Å². The van der Waals surface area contributed by atoms with Gasteiger partial charge in [0.2, 0.25) is 5.91 Å². The van der Waals surface area contributed by atoms with E-state index in [1.54, 1.807) is 28.0 Å². The molecule has 1 aromatic heterocycles. The fraction of sp³-hybridized carbons (Fsp3) is 0.556. The largest absolute Gasteiger partial charge is 0.481 e. The smallest absolute Gasteiger partial charge is 0.305 e. The number of carbonyl (C=O) groups is 2. The van der Waals surface area contributed by atoms with Gasteiger partial charge in [0, 0.05) is 19.3 Å². The number of alkyl halides is 1. The number of hydrogen-bond donors (Lipinski definition) is 1. The van der Waals surface area contributed by atoms with Crippen molar-refractivity contribution in [2.75, 3.05) is 27.7 Å². The Balaban J connectivity index is 0. The molecule has 1 N–H and O–H groups in total. The number of fused-ring (bicyclic) bond motifs is 1. The molecule has 1 amide bonds. The fourth-order valence-corrected chi connectivity index (χ4v) is 1.44. The minimum absolute atomic E-state index is 0.00231. The number of halogens is 1. The lowest BCUT2D eigenvalue weighted by Gasteiger charge is -2.15. The summed E-state index contributed by atoms with van der Waals surface area (Å²) in [6.45, 7) is 6.94. The molecule has 1 aromatic carbocycles. The third kappa shape index (κ3) is 10.7. The second kappa shape index (κ2) is 15.6. The quantitative estimate of drug-likeness (QED) is 0.600. The third-order valence-electron chi connectivity index (χ3n) is 3.07. The SMILES string of the molecule is CC(C)C(=O)O.CCl.CON(C)C(=O)C(C)C.COn1nnc2ccccc21. The Morgan fingerprint density at radius 3 is 1.96 bits per heavy atom. The average molecular weight is 419 g/mol. The second-order valence-electron chi connectivity index (χ2n) is 5.80. The minimum atomic E-state index is -0.741. The molecule has 0 spiro atoms. The van der Waals surface area contributed by atoms with Crippen LogP contribution in [0.4, 0.5) is 0 Å².